The number of carbonyl (C=O) groups excluding carboxylic acids is 2. The second-order valence-corrected chi connectivity index (χ2v) is 6.40. The smallest absolute Gasteiger partial charge is 0.407 e. The number of nitrogens with one attached hydrogen (secondary N) is 1. The Balaban J connectivity index is 1.48. The minimum Gasteiger partial charge on any atom is -0.468 e. The molecule has 1 amide bonds. The van der Waals surface area contributed by atoms with Crippen molar-refractivity contribution in [1.82, 2.24) is 5.32 Å². The highest BCUT2D eigenvalue weighted by Gasteiger charge is 2.47. The topological polar surface area (TPSA) is 64.6 Å². The second-order valence-electron chi connectivity index (χ2n) is 6.40. The van der Waals surface area contributed by atoms with Crippen LogP contribution in [0.1, 0.15) is 23.5 Å². The van der Waals surface area contributed by atoms with Gasteiger partial charge in [0.2, 0.25) is 0 Å². The van der Waals surface area contributed by atoms with Crippen molar-refractivity contribution in [3.8, 4) is 0 Å². The molecule has 0 aromatic heterocycles. The number of benzene rings is 1. The first-order chi connectivity index (χ1) is 11.7. The van der Waals surface area contributed by atoms with Crippen LogP contribution in [0.5, 0.6) is 0 Å². The van der Waals surface area contributed by atoms with Gasteiger partial charge >= 0.3 is 12.1 Å². The van der Waals surface area contributed by atoms with Crippen molar-refractivity contribution in [3.63, 3.8) is 0 Å². The Kier molecular flexibility index (Phi) is 3.63. The van der Waals surface area contributed by atoms with Crippen molar-refractivity contribution in [2.24, 2.45) is 11.8 Å². The van der Waals surface area contributed by atoms with Crippen molar-refractivity contribution in [2.75, 3.05) is 20.3 Å². The summed E-state index contributed by atoms with van der Waals surface area (Å²) in [6.45, 7) is 0.109. The van der Waals surface area contributed by atoms with Gasteiger partial charge in [-0.15, -0.1) is 0 Å². The lowest BCUT2D eigenvalue weighted by Gasteiger charge is -2.18. The van der Waals surface area contributed by atoms with Gasteiger partial charge in [-0.3, -0.25) is 4.79 Å². The summed E-state index contributed by atoms with van der Waals surface area (Å²) in [5, 5.41) is 2.41. The fourth-order valence-corrected chi connectivity index (χ4v) is 3.81. The monoisotopic (exact) mass is 325 g/mol. The predicted octanol–water partition coefficient (Wildman–Crippen LogP) is 2.64. The molecule has 0 bridgehead atoms. The highest BCUT2D eigenvalue weighted by atomic mass is 16.6. The Morgan fingerprint density at radius 2 is 2.12 bits per heavy atom. The first kappa shape index (κ1) is 15.0. The van der Waals surface area contributed by atoms with Gasteiger partial charge in [-0.25, -0.2) is 4.79 Å². The van der Waals surface area contributed by atoms with Gasteiger partial charge in [-0.2, -0.15) is 0 Å². The van der Waals surface area contributed by atoms with Crippen LogP contribution in [-0.2, 0) is 14.3 Å². The zero-order chi connectivity index (χ0) is 16.7. The molecule has 4 rings (SSSR count). The molecule has 1 fully saturated rings. The lowest BCUT2D eigenvalue weighted by Crippen LogP contribution is -2.31. The fraction of sp³-hybridized carbons (Fsp3) is 0.368. The Morgan fingerprint density at radius 1 is 1.29 bits per heavy atom. The third-order valence-electron chi connectivity index (χ3n) is 5.05. The molecule has 24 heavy (non-hydrogen) atoms. The molecule has 5 heteroatoms. The summed E-state index contributed by atoms with van der Waals surface area (Å²) < 4.78 is 9.87. The maximum atomic E-state index is 11.8. The summed E-state index contributed by atoms with van der Waals surface area (Å²) in [4.78, 5) is 22.9. The summed E-state index contributed by atoms with van der Waals surface area (Å²) in [7, 11) is 1.28. The zero-order valence-corrected chi connectivity index (χ0v) is 13.5. The first-order valence-corrected chi connectivity index (χ1v) is 8.18. The van der Waals surface area contributed by atoms with Gasteiger partial charge in [0.05, 0.1) is 7.11 Å². The molecule has 1 saturated carbocycles. The Hall–Kier alpha value is -2.56. The molecule has 0 aliphatic heterocycles. The summed E-state index contributed by atoms with van der Waals surface area (Å²) in [6, 6.07) is 8.31. The van der Waals surface area contributed by atoms with E-state index in [4.69, 9.17) is 4.74 Å². The Labute approximate surface area is 140 Å². The highest BCUT2D eigenvalue weighted by Crippen LogP contribution is 2.59. The van der Waals surface area contributed by atoms with Gasteiger partial charge in [0.25, 0.3) is 0 Å². The molecule has 0 saturated heterocycles. The maximum Gasteiger partial charge on any atom is 0.407 e. The number of hydrogen-bond acceptors (Lipinski definition) is 4. The molecule has 1 aromatic carbocycles. The molecule has 3 unspecified atom stereocenters. The minimum absolute atomic E-state index is 0.111. The van der Waals surface area contributed by atoms with E-state index in [0.29, 0.717) is 18.4 Å². The molecular formula is C19H19NO4. The summed E-state index contributed by atoms with van der Waals surface area (Å²) in [5.74, 6) is 0.847. The van der Waals surface area contributed by atoms with E-state index in [0.717, 1.165) is 0 Å². The third kappa shape index (κ3) is 2.50. The molecule has 124 valence electrons. The van der Waals surface area contributed by atoms with Crippen LogP contribution >= 0.6 is 0 Å². The number of rotatable bonds is 4. The van der Waals surface area contributed by atoms with Crippen molar-refractivity contribution >= 4 is 17.6 Å². The van der Waals surface area contributed by atoms with Crippen LogP contribution in [0.15, 0.2) is 42.0 Å². The van der Waals surface area contributed by atoms with Gasteiger partial charge in [-0.1, -0.05) is 36.4 Å². The van der Waals surface area contributed by atoms with E-state index < -0.39 is 12.1 Å². The van der Waals surface area contributed by atoms with Gasteiger partial charge in [0, 0.05) is 5.92 Å². The van der Waals surface area contributed by atoms with Crippen LogP contribution in [-0.4, -0.2) is 32.3 Å². The Bertz CT molecular complexity index is 764. The number of allylic oxidation sites excluding steroid dienone is 3. The molecule has 3 aliphatic rings. The quantitative estimate of drug-likeness (QED) is 0.865. The SMILES string of the molecule is COC(=O)CNC(=O)OCC1C2=C(C=CC3CC23)c2ccccc21. The molecule has 3 aliphatic carbocycles. The molecule has 0 radical (unpaired) electrons. The van der Waals surface area contributed by atoms with Gasteiger partial charge in [0.15, 0.2) is 0 Å². The van der Waals surface area contributed by atoms with Crippen molar-refractivity contribution in [2.45, 2.75) is 12.3 Å². The average molecular weight is 325 g/mol. The normalized spacial score (nSPS) is 25.5. The van der Waals surface area contributed by atoms with Crippen molar-refractivity contribution in [3.05, 3.63) is 53.1 Å². The average Bonchev–Trinajstić information content (AvgIpc) is 3.33. The number of ether oxygens (including phenoxy) is 2. The van der Waals surface area contributed by atoms with Crippen molar-refractivity contribution < 1.29 is 19.1 Å². The largest absolute Gasteiger partial charge is 0.468 e. The number of alkyl carbamates (subject to hydrolysis) is 1. The van der Waals surface area contributed by atoms with E-state index in [1.807, 2.05) is 12.1 Å². The van der Waals surface area contributed by atoms with Gasteiger partial charge in [0.1, 0.15) is 13.2 Å². The third-order valence-corrected chi connectivity index (χ3v) is 5.05. The van der Waals surface area contributed by atoms with Gasteiger partial charge < -0.3 is 14.8 Å². The predicted molar refractivity (Wildman–Crippen MR) is 88.2 cm³/mol. The standard InChI is InChI=1S/C19H19NO4/c1-23-17(21)9-20-19(22)24-10-16-13-5-3-2-4-12(13)14-7-6-11-8-15(11)18(14)16/h2-7,11,15-16H,8-10H2,1H3,(H,20,22). The number of fused-ring (bicyclic) bond motifs is 4. The summed E-state index contributed by atoms with van der Waals surface area (Å²) >= 11 is 0. The lowest BCUT2D eigenvalue weighted by atomic mass is 9.91. The van der Waals surface area contributed by atoms with Crippen LogP contribution in [0.3, 0.4) is 0 Å². The van der Waals surface area contributed by atoms with Crippen LogP contribution in [0.2, 0.25) is 0 Å². The Morgan fingerprint density at radius 3 is 2.96 bits per heavy atom. The number of hydrogen-bond donors (Lipinski definition) is 1. The van der Waals surface area contributed by atoms with Crippen LogP contribution in [0.25, 0.3) is 5.57 Å². The highest BCUT2D eigenvalue weighted by molar-refractivity contribution is 5.87. The maximum absolute atomic E-state index is 11.8. The fourth-order valence-electron chi connectivity index (χ4n) is 3.81. The van der Waals surface area contributed by atoms with Crippen LogP contribution in [0, 0.1) is 11.8 Å². The molecule has 1 N–H and O–H groups in total. The molecule has 3 atom stereocenters. The first-order valence-electron chi connectivity index (χ1n) is 8.18. The van der Waals surface area contributed by atoms with E-state index in [9.17, 15) is 9.59 Å². The van der Waals surface area contributed by atoms with Crippen LogP contribution < -0.4 is 5.32 Å². The molecule has 1 aromatic rings. The number of methoxy groups -OCH3 is 1. The van der Waals surface area contributed by atoms with Crippen molar-refractivity contribution in [1.29, 1.82) is 0 Å². The minimum atomic E-state index is -0.592. The van der Waals surface area contributed by atoms with Gasteiger partial charge in [-0.05, 0) is 40.5 Å². The number of esters is 1. The zero-order valence-electron chi connectivity index (χ0n) is 13.5. The van der Waals surface area contributed by atoms with E-state index in [1.54, 1.807) is 0 Å². The molecule has 0 heterocycles. The molecular weight excluding hydrogens is 306 g/mol. The second kappa shape index (κ2) is 5.82. The molecule has 5 nitrogen and oxygen atoms in total. The van der Waals surface area contributed by atoms with E-state index in [-0.39, 0.29) is 12.5 Å². The van der Waals surface area contributed by atoms with E-state index in [1.165, 1.54) is 35.8 Å². The summed E-state index contributed by atoms with van der Waals surface area (Å²) in [5.41, 5.74) is 5.18. The van der Waals surface area contributed by atoms with E-state index in [2.05, 4.69) is 34.3 Å². The number of amides is 1. The van der Waals surface area contributed by atoms with Crippen LogP contribution in [0.4, 0.5) is 4.79 Å². The number of carbonyl (C=O) groups is 2. The summed E-state index contributed by atoms with van der Waals surface area (Å²) in [6.07, 6.45) is 5.12. The lowest BCUT2D eigenvalue weighted by molar-refractivity contribution is -0.139. The van der Waals surface area contributed by atoms with E-state index >= 15 is 0 Å². The molecule has 0 spiro atoms.